The molecule has 118 valence electrons. The average molecular weight is 294 g/mol. The van der Waals surface area contributed by atoms with Crippen molar-refractivity contribution in [3.63, 3.8) is 0 Å². The molecule has 2 N–H and O–H groups in total. The molecule has 0 saturated carbocycles. The first-order valence-electron chi connectivity index (χ1n) is 7.47. The van der Waals surface area contributed by atoms with E-state index in [1.165, 1.54) is 0 Å². The molecule has 0 bridgehead atoms. The van der Waals surface area contributed by atoms with Crippen LogP contribution in [0.1, 0.15) is 30.1 Å². The van der Waals surface area contributed by atoms with Crippen molar-refractivity contribution >= 4 is 11.6 Å². The topological polar surface area (TPSA) is 59.6 Å². The fraction of sp³-hybridized carbons (Fsp3) is 0.562. The number of methoxy groups -OCH3 is 1. The summed E-state index contributed by atoms with van der Waals surface area (Å²) in [5.74, 6) is -0.0499. The highest BCUT2D eigenvalue weighted by Crippen LogP contribution is 2.14. The van der Waals surface area contributed by atoms with Crippen LogP contribution < -0.4 is 10.6 Å². The highest BCUT2D eigenvalue weighted by molar-refractivity contribution is 5.99. The maximum Gasteiger partial charge on any atom is 0.253 e. The molecule has 5 heteroatoms. The molecule has 0 atom stereocenters. The van der Waals surface area contributed by atoms with Crippen LogP contribution in [0.15, 0.2) is 24.3 Å². The Hall–Kier alpha value is -1.59. The van der Waals surface area contributed by atoms with E-state index >= 15 is 0 Å². The molecule has 0 aromatic heterocycles. The monoisotopic (exact) mass is 294 g/mol. The van der Waals surface area contributed by atoms with Gasteiger partial charge in [0.05, 0.1) is 18.8 Å². The molecule has 0 aliphatic heterocycles. The third-order valence-electron chi connectivity index (χ3n) is 2.92. The van der Waals surface area contributed by atoms with E-state index in [0.717, 1.165) is 25.1 Å². The number of carbonyl (C=O) groups excluding carboxylic acids is 1. The summed E-state index contributed by atoms with van der Waals surface area (Å²) in [5.41, 5.74) is 1.57. The summed E-state index contributed by atoms with van der Waals surface area (Å²) < 4.78 is 10.2. The summed E-state index contributed by atoms with van der Waals surface area (Å²) in [6.45, 7) is 5.38. The Kier molecular flexibility index (Phi) is 9.24. The number of anilines is 1. The zero-order valence-corrected chi connectivity index (χ0v) is 13.0. The predicted molar refractivity (Wildman–Crippen MR) is 84.9 cm³/mol. The molecule has 0 aliphatic carbocycles. The summed E-state index contributed by atoms with van der Waals surface area (Å²) >= 11 is 0. The van der Waals surface area contributed by atoms with Gasteiger partial charge in [-0.1, -0.05) is 19.1 Å². The average Bonchev–Trinajstić information content (AvgIpc) is 2.52. The third-order valence-corrected chi connectivity index (χ3v) is 2.92. The van der Waals surface area contributed by atoms with Crippen molar-refractivity contribution in [2.75, 3.05) is 45.3 Å². The van der Waals surface area contributed by atoms with Gasteiger partial charge in [-0.3, -0.25) is 4.79 Å². The minimum Gasteiger partial charge on any atom is -0.384 e. The second-order valence-corrected chi connectivity index (χ2v) is 4.69. The number of ether oxygens (including phenoxy) is 2. The molecule has 0 saturated heterocycles. The normalized spacial score (nSPS) is 10.4. The highest BCUT2D eigenvalue weighted by atomic mass is 16.5. The quantitative estimate of drug-likeness (QED) is 0.615. The number of amides is 1. The first-order chi connectivity index (χ1) is 10.3. The number of rotatable bonds is 11. The number of para-hydroxylation sites is 1. The molecule has 1 amide bonds. The number of hydrogen-bond donors (Lipinski definition) is 2. The first kappa shape index (κ1) is 17.5. The van der Waals surface area contributed by atoms with Gasteiger partial charge in [0.25, 0.3) is 5.91 Å². The maximum absolute atomic E-state index is 12.2. The van der Waals surface area contributed by atoms with E-state index in [0.29, 0.717) is 31.9 Å². The molecule has 1 aromatic carbocycles. The van der Waals surface area contributed by atoms with Crippen molar-refractivity contribution < 1.29 is 14.3 Å². The van der Waals surface area contributed by atoms with Gasteiger partial charge in [0.15, 0.2) is 0 Å². The van der Waals surface area contributed by atoms with E-state index < -0.39 is 0 Å². The molecule has 0 aliphatic rings. The van der Waals surface area contributed by atoms with Gasteiger partial charge in [-0.15, -0.1) is 0 Å². The zero-order chi connectivity index (χ0) is 15.3. The molecule has 0 radical (unpaired) electrons. The fourth-order valence-electron chi connectivity index (χ4n) is 1.81. The van der Waals surface area contributed by atoms with Crippen molar-refractivity contribution in [1.82, 2.24) is 5.32 Å². The van der Waals surface area contributed by atoms with Crippen LogP contribution in [-0.2, 0) is 9.47 Å². The highest BCUT2D eigenvalue weighted by Gasteiger charge is 2.09. The second-order valence-electron chi connectivity index (χ2n) is 4.69. The van der Waals surface area contributed by atoms with Crippen molar-refractivity contribution in [2.24, 2.45) is 0 Å². The van der Waals surface area contributed by atoms with Crippen LogP contribution in [0.5, 0.6) is 0 Å². The van der Waals surface area contributed by atoms with Crippen LogP contribution in [0.3, 0.4) is 0 Å². The van der Waals surface area contributed by atoms with Gasteiger partial charge >= 0.3 is 0 Å². The second kappa shape index (κ2) is 11.1. The standard InChI is InChI=1S/C16H26N2O3/c1-3-9-17-15-8-5-4-7-14(15)16(19)18-10-6-11-21-13-12-20-2/h4-5,7-8,17H,3,6,9-13H2,1-2H3,(H,18,19). The Bertz CT molecular complexity index is 410. The first-order valence-corrected chi connectivity index (χ1v) is 7.47. The van der Waals surface area contributed by atoms with E-state index in [1.807, 2.05) is 24.3 Å². The Morgan fingerprint density at radius 3 is 2.71 bits per heavy atom. The summed E-state index contributed by atoms with van der Waals surface area (Å²) in [4.78, 5) is 12.2. The van der Waals surface area contributed by atoms with E-state index in [-0.39, 0.29) is 5.91 Å². The van der Waals surface area contributed by atoms with Crippen LogP contribution in [-0.4, -0.2) is 45.9 Å². The lowest BCUT2D eigenvalue weighted by Gasteiger charge is -2.11. The van der Waals surface area contributed by atoms with Crippen LogP contribution in [0, 0.1) is 0 Å². The SMILES string of the molecule is CCCNc1ccccc1C(=O)NCCCOCCOC. The minimum absolute atomic E-state index is 0.0499. The van der Waals surface area contributed by atoms with E-state index in [1.54, 1.807) is 7.11 Å². The van der Waals surface area contributed by atoms with Gasteiger partial charge in [0.1, 0.15) is 0 Å². The van der Waals surface area contributed by atoms with Gasteiger partial charge < -0.3 is 20.1 Å². The summed E-state index contributed by atoms with van der Waals surface area (Å²) in [7, 11) is 1.65. The molecule has 0 heterocycles. The Labute approximate surface area is 127 Å². The molecular formula is C16H26N2O3. The number of hydrogen-bond acceptors (Lipinski definition) is 4. The minimum atomic E-state index is -0.0499. The Balaban J connectivity index is 2.31. The van der Waals surface area contributed by atoms with E-state index in [4.69, 9.17) is 9.47 Å². The predicted octanol–water partition coefficient (Wildman–Crippen LogP) is 2.29. The zero-order valence-electron chi connectivity index (χ0n) is 13.0. The lowest BCUT2D eigenvalue weighted by Crippen LogP contribution is -2.26. The number of carbonyl (C=O) groups is 1. The van der Waals surface area contributed by atoms with Crippen molar-refractivity contribution in [2.45, 2.75) is 19.8 Å². The molecule has 1 rings (SSSR count). The molecule has 1 aromatic rings. The van der Waals surface area contributed by atoms with Crippen LogP contribution >= 0.6 is 0 Å². The summed E-state index contributed by atoms with van der Waals surface area (Å²) in [6.07, 6.45) is 1.81. The van der Waals surface area contributed by atoms with Gasteiger partial charge in [-0.05, 0) is 25.0 Å². The van der Waals surface area contributed by atoms with Crippen LogP contribution in [0.2, 0.25) is 0 Å². The fourth-order valence-corrected chi connectivity index (χ4v) is 1.81. The largest absolute Gasteiger partial charge is 0.384 e. The van der Waals surface area contributed by atoms with Gasteiger partial charge in [0, 0.05) is 32.5 Å². The summed E-state index contributed by atoms with van der Waals surface area (Å²) in [6, 6.07) is 7.57. The molecule has 0 spiro atoms. The molecule has 5 nitrogen and oxygen atoms in total. The molecule has 0 unspecified atom stereocenters. The lowest BCUT2D eigenvalue weighted by molar-refractivity contribution is 0.0688. The summed E-state index contributed by atoms with van der Waals surface area (Å²) in [5, 5.41) is 6.19. The van der Waals surface area contributed by atoms with Gasteiger partial charge in [0.2, 0.25) is 0 Å². The van der Waals surface area contributed by atoms with Crippen molar-refractivity contribution in [1.29, 1.82) is 0 Å². The molecule has 0 fully saturated rings. The maximum atomic E-state index is 12.2. The molecule has 21 heavy (non-hydrogen) atoms. The Morgan fingerprint density at radius 1 is 1.14 bits per heavy atom. The van der Waals surface area contributed by atoms with Gasteiger partial charge in [-0.2, -0.15) is 0 Å². The van der Waals surface area contributed by atoms with Crippen LogP contribution in [0.4, 0.5) is 5.69 Å². The van der Waals surface area contributed by atoms with Gasteiger partial charge in [-0.25, -0.2) is 0 Å². The van der Waals surface area contributed by atoms with Crippen molar-refractivity contribution in [3.05, 3.63) is 29.8 Å². The van der Waals surface area contributed by atoms with Crippen molar-refractivity contribution in [3.8, 4) is 0 Å². The molecular weight excluding hydrogens is 268 g/mol. The van der Waals surface area contributed by atoms with E-state index in [2.05, 4.69) is 17.6 Å². The third kappa shape index (κ3) is 7.11. The number of benzene rings is 1. The van der Waals surface area contributed by atoms with E-state index in [9.17, 15) is 4.79 Å². The smallest absolute Gasteiger partial charge is 0.253 e. The number of nitrogens with one attached hydrogen (secondary N) is 2. The Morgan fingerprint density at radius 2 is 1.95 bits per heavy atom. The lowest BCUT2D eigenvalue weighted by atomic mass is 10.1. The van der Waals surface area contributed by atoms with Crippen LogP contribution in [0.25, 0.3) is 0 Å².